The number of β-amino-alcohol motifs (C(OH)–C–C–N with tert-alkyl or cyclic N) is 1. The molecule has 1 aliphatic rings. The van der Waals surface area contributed by atoms with E-state index in [9.17, 15) is 15.0 Å². The van der Waals surface area contributed by atoms with Gasteiger partial charge in [0.15, 0.2) is 0 Å². The number of carbonyl (C=O) groups is 1. The second-order valence-corrected chi connectivity index (χ2v) is 4.62. The van der Waals surface area contributed by atoms with Crippen LogP contribution in [0.1, 0.15) is 23.2 Å². The summed E-state index contributed by atoms with van der Waals surface area (Å²) in [5, 5.41) is 25.2. The first kappa shape index (κ1) is 15.7. The summed E-state index contributed by atoms with van der Waals surface area (Å²) in [6.07, 6.45) is 4.19. The van der Waals surface area contributed by atoms with Gasteiger partial charge in [0.1, 0.15) is 5.75 Å². The van der Waals surface area contributed by atoms with Crippen molar-refractivity contribution in [1.82, 2.24) is 15.6 Å². The van der Waals surface area contributed by atoms with Crippen LogP contribution >= 0.6 is 12.4 Å². The summed E-state index contributed by atoms with van der Waals surface area (Å²) in [5.41, 5.74) is -0.611. The largest absolute Gasteiger partial charge is 0.506 e. The molecule has 0 aliphatic carbocycles. The lowest BCUT2D eigenvalue weighted by Crippen LogP contribution is -2.52. The van der Waals surface area contributed by atoms with E-state index in [0.29, 0.717) is 13.0 Å². The number of amides is 1. The van der Waals surface area contributed by atoms with Crippen LogP contribution in [0.15, 0.2) is 18.5 Å². The number of aromatic hydroxyl groups is 1. The fraction of sp³-hybridized carbons (Fsp3) is 0.500. The molecule has 1 saturated heterocycles. The maximum atomic E-state index is 11.8. The zero-order valence-corrected chi connectivity index (χ0v) is 11.2. The Morgan fingerprint density at radius 2 is 2.32 bits per heavy atom. The number of nitrogens with zero attached hydrogens (tertiary/aromatic N) is 1. The number of nitrogens with one attached hydrogen (secondary N) is 2. The Hall–Kier alpha value is -1.37. The standard InChI is InChI=1S/C12H17N3O3.ClH/c16-10-4-9(5-14-6-10)11(17)15-8-12(18)2-1-3-13-7-12;/h4-6,13,16,18H,1-3,7-8H2,(H,15,17);1H. The van der Waals surface area contributed by atoms with Crippen molar-refractivity contribution in [3.8, 4) is 5.75 Å². The van der Waals surface area contributed by atoms with Gasteiger partial charge >= 0.3 is 0 Å². The molecular formula is C12H18ClN3O3. The van der Waals surface area contributed by atoms with Gasteiger partial charge in [-0.05, 0) is 25.5 Å². The molecule has 1 aromatic rings. The smallest absolute Gasteiger partial charge is 0.253 e. The molecule has 0 spiro atoms. The highest BCUT2D eigenvalue weighted by atomic mass is 35.5. The Labute approximate surface area is 117 Å². The van der Waals surface area contributed by atoms with Gasteiger partial charge in [-0.25, -0.2) is 0 Å². The van der Waals surface area contributed by atoms with E-state index in [1.165, 1.54) is 18.5 Å². The molecular weight excluding hydrogens is 270 g/mol. The first-order chi connectivity index (χ1) is 8.59. The molecule has 2 rings (SSSR count). The van der Waals surface area contributed by atoms with Crippen molar-refractivity contribution in [1.29, 1.82) is 0 Å². The third-order valence-corrected chi connectivity index (χ3v) is 3.01. The first-order valence-electron chi connectivity index (χ1n) is 5.94. The van der Waals surface area contributed by atoms with Crippen LogP contribution in [0.4, 0.5) is 0 Å². The van der Waals surface area contributed by atoms with Gasteiger partial charge in [0.2, 0.25) is 0 Å². The third kappa shape index (κ3) is 4.34. The number of piperidine rings is 1. The van der Waals surface area contributed by atoms with Crippen molar-refractivity contribution in [2.45, 2.75) is 18.4 Å². The van der Waals surface area contributed by atoms with Gasteiger partial charge in [-0.2, -0.15) is 0 Å². The second kappa shape index (κ2) is 6.70. The average molecular weight is 288 g/mol. The van der Waals surface area contributed by atoms with Crippen LogP contribution in [0.3, 0.4) is 0 Å². The first-order valence-corrected chi connectivity index (χ1v) is 5.94. The second-order valence-electron chi connectivity index (χ2n) is 4.62. The molecule has 0 radical (unpaired) electrons. The van der Waals surface area contributed by atoms with Gasteiger partial charge in [-0.1, -0.05) is 0 Å². The van der Waals surface area contributed by atoms with Crippen LogP contribution in [-0.4, -0.2) is 46.3 Å². The molecule has 2 heterocycles. The lowest BCUT2D eigenvalue weighted by Gasteiger charge is -2.32. The molecule has 1 aromatic heterocycles. The molecule has 4 N–H and O–H groups in total. The van der Waals surface area contributed by atoms with Crippen molar-refractivity contribution in [2.24, 2.45) is 0 Å². The van der Waals surface area contributed by atoms with E-state index in [1.807, 2.05) is 0 Å². The Kier molecular flexibility index (Phi) is 5.53. The number of rotatable bonds is 3. The molecule has 1 unspecified atom stereocenters. The minimum atomic E-state index is -0.891. The Bertz CT molecular complexity index is 436. The summed E-state index contributed by atoms with van der Waals surface area (Å²) in [5.74, 6) is -0.405. The maximum Gasteiger partial charge on any atom is 0.253 e. The highest BCUT2D eigenvalue weighted by Crippen LogP contribution is 2.15. The summed E-state index contributed by atoms with van der Waals surface area (Å²) in [4.78, 5) is 15.5. The molecule has 1 amide bonds. The molecule has 7 heteroatoms. The van der Waals surface area contributed by atoms with E-state index in [0.717, 1.165) is 13.0 Å². The Morgan fingerprint density at radius 3 is 2.95 bits per heavy atom. The van der Waals surface area contributed by atoms with Crippen LogP contribution in [0.25, 0.3) is 0 Å². The number of hydrogen-bond acceptors (Lipinski definition) is 5. The van der Waals surface area contributed by atoms with Crippen LogP contribution in [0, 0.1) is 0 Å². The van der Waals surface area contributed by atoms with Gasteiger partial charge in [-0.15, -0.1) is 12.4 Å². The predicted octanol–water partition coefficient (Wildman–Crippen LogP) is 0.0533. The summed E-state index contributed by atoms with van der Waals surface area (Å²) < 4.78 is 0. The third-order valence-electron chi connectivity index (χ3n) is 3.01. The van der Waals surface area contributed by atoms with Crippen LogP contribution in [-0.2, 0) is 0 Å². The number of aliphatic hydroxyl groups is 1. The van der Waals surface area contributed by atoms with Crippen molar-refractivity contribution < 1.29 is 15.0 Å². The molecule has 1 fully saturated rings. The maximum absolute atomic E-state index is 11.8. The number of hydrogen-bond donors (Lipinski definition) is 4. The summed E-state index contributed by atoms with van der Waals surface area (Å²) in [7, 11) is 0. The number of halogens is 1. The SMILES string of the molecule is Cl.O=C(NCC1(O)CCCNC1)c1cncc(O)c1. The molecule has 0 bridgehead atoms. The molecule has 0 aromatic carbocycles. The lowest BCUT2D eigenvalue weighted by molar-refractivity contribution is 0.0170. The number of carbonyl (C=O) groups excluding carboxylic acids is 1. The van der Waals surface area contributed by atoms with Gasteiger partial charge in [0, 0.05) is 19.3 Å². The van der Waals surface area contributed by atoms with Gasteiger partial charge in [-0.3, -0.25) is 9.78 Å². The zero-order chi connectivity index (χ0) is 13.0. The zero-order valence-electron chi connectivity index (χ0n) is 10.4. The average Bonchev–Trinajstić information content (AvgIpc) is 2.37. The van der Waals surface area contributed by atoms with Gasteiger partial charge in [0.05, 0.1) is 17.4 Å². The lowest BCUT2D eigenvalue weighted by atomic mass is 9.94. The fourth-order valence-electron chi connectivity index (χ4n) is 2.00. The van der Waals surface area contributed by atoms with Gasteiger partial charge < -0.3 is 20.8 Å². The molecule has 1 aliphatic heterocycles. The fourth-order valence-corrected chi connectivity index (χ4v) is 2.00. The topological polar surface area (TPSA) is 94.5 Å². The van der Waals surface area contributed by atoms with E-state index < -0.39 is 5.60 Å². The number of aromatic nitrogens is 1. The Morgan fingerprint density at radius 1 is 1.53 bits per heavy atom. The summed E-state index contributed by atoms with van der Waals surface area (Å²) >= 11 is 0. The van der Waals surface area contributed by atoms with Crippen molar-refractivity contribution in [3.63, 3.8) is 0 Å². The van der Waals surface area contributed by atoms with E-state index in [1.54, 1.807) is 0 Å². The van der Waals surface area contributed by atoms with Crippen LogP contribution in [0.5, 0.6) is 5.75 Å². The monoisotopic (exact) mass is 287 g/mol. The van der Waals surface area contributed by atoms with E-state index in [4.69, 9.17) is 0 Å². The molecule has 6 nitrogen and oxygen atoms in total. The highest BCUT2D eigenvalue weighted by molar-refractivity contribution is 5.94. The van der Waals surface area contributed by atoms with E-state index in [2.05, 4.69) is 15.6 Å². The Balaban J connectivity index is 0.00000180. The molecule has 106 valence electrons. The molecule has 19 heavy (non-hydrogen) atoms. The van der Waals surface area contributed by atoms with Crippen LogP contribution in [0.2, 0.25) is 0 Å². The summed E-state index contributed by atoms with van der Waals surface area (Å²) in [6, 6.07) is 1.34. The quantitative estimate of drug-likeness (QED) is 0.630. The minimum absolute atomic E-state index is 0. The molecule has 0 saturated carbocycles. The van der Waals surface area contributed by atoms with Gasteiger partial charge in [0.25, 0.3) is 5.91 Å². The van der Waals surface area contributed by atoms with E-state index >= 15 is 0 Å². The summed E-state index contributed by atoms with van der Waals surface area (Å²) in [6.45, 7) is 1.56. The highest BCUT2D eigenvalue weighted by Gasteiger charge is 2.29. The normalized spacial score (nSPS) is 22.4. The molecule has 1 atom stereocenters. The van der Waals surface area contributed by atoms with Crippen molar-refractivity contribution >= 4 is 18.3 Å². The number of pyridine rings is 1. The van der Waals surface area contributed by atoms with Crippen molar-refractivity contribution in [2.75, 3.05) is 19.6 Å². The van der Waals surface area contributed by atoms with Crippen LogP contribution < -0.4 is 10.6 Å². The predicted molar refractivity (Wildman–Crippen MR) is 72.5 cm³/mol. The minimum Gasteiger partial charge on any atom is -0.506 e. The van der Waals surface area contributed by atoms with E-state index in [-0.39, 0.29) is 36.2 Å². The van der Waals surface area contributed by atoms with Crippen molar-refractivity contribution in [3.05, 3.63) is 24.0 Å².